The second-order valence-corrected chi connectivity index (χ2v) is 9.64. The summed E-state index contributed by atoms with van der Waals surface area (Å²) in [6, 6.07) is 24.2. The number of fused-ring (bicyclic) bond motifs is 4. The Morgan fingerprint density at radius 3 is 2.47 bits per heavy atom. The Labute approximate surface area is 209 Å². The number of rotatable bonds is 4. The molecular formula is C31H27N3O2. The molecule has 0 unspecified atom stereocenters. The number of aromatic nitrogens is 3. The van der Waals surface area contributed by atoms with E-state index in [0.29, 0.717) is 23.1 Å². The molecule has 5 heteroatoms. The normalized spacial score (nSPS) is 11.7. The van der Waals surface area contributed by atoms with Crippen molar-refractivity contribution in [2.24, 2.45) is 0 Å². The largest absolute Gasteiger partial charge is 0.506 e. The van der Waals surface area contributed by atoms with E-state index in [1.807, 2.05) is 44.3 Å². The number of hydrogen-bond donors (Lipinski definition) is 1. The summed E-state index contributed by atoms with van der Waals surface area (Å²) >= 11 is 0. The monoisotopic (exact) mass is 473 g/mol. The van der Waals surface area contributed by atoms with E-state index >= 15 is 0 Å². The third-order valence-corrected chi connectivity index (χ3v) is 6.85. The zero-order valence-electron chi connectivity index (χ0n) is 20.8. The van der Waals surface area contributed by atoms with E-state index in [0.717, 1.165) is 44.1 Å². The third-order valence-electron chi connectivity index (χ3n) is 6.85. The van der Waals surface area contributed by atoms with Gasteiger partial charge in [-0.2, -0.15) is 0 Å². The summed E-state index contributed by atoms with van der Waals surface area (Å²) in [7, 11) is 0. The van der Waals surface area contributed by atoms with Crippen molar-refractivity contribution in [3.05, 3.63) is 95.7 Å². The Morgan fingerprint density at radius 2 is 1.64 bits per heavy atom. The molecule has 178 valence electrons. The number of hydrogen-bond acceptors (Lipinski definition) is 4. The predicted molar refractivity (Wildman–Crippen MR) is 146 cm³/mol. The number of pyridine rings is 2. The van der Waals surface area contributed by atoms with E-state index in [1.165, 1.54) is 5.56 Å². The quantitative estimate of drug-likeness (QED) is 0.282. The van der Waals surface area contributed by atoms with Gasteiger partial charge in [0.2, 0.25) is 5.88 Å². The van der Waals surface area contributed by atoms with Gasteiger partial charge in [-0.25, -0.2) is 9.97 Å². The van der Waals surface area contributed by atoms with E-state index in [1.54, 1.807) is 6.07 Å². The highest BCUT2D eigenvalue weighted by molar-refractivity contribution is 6.09. The van der Waals surface area contributed by atoms with Crippen LogP contribution >= 0.6 is 0 Å². The smallest absolute Gasteiger partial charge is 0.220 e. The molecule has 0 saturated heterocycles. The molecular weight excluding hydrogens is 446 g/mol. The highest BCUT2D eigenvalue weighted by Crippen LogP contribution is 2.36. The summed E-state index contributed by atoms with van der Waals surface area (Å²) < 4.78 is 8.46. The molecule has 6 rings (SSSR count). The summed E-state index contributed by atoms with van der Waals surface area (Å²) in [6.45, 7) is 8.41. The van der Waals surface area contributed by atoms with Gasteiger partial charge in [0.25, 0.3) is 0 Å². The van der Waals surface area contributed by atoms with E-state index in [-0.39, 0.29) is 5.75 Å². The van der Waals surface area contributed by atoms with Crippen LogP contribution in [0.4, 0.5) is 0 Å². The second-order valence-electron chi connectivity index (χ2n) is 9.64. The molecule has 0 saturated carbocycles. The predicted octanol–water partition coefficient (Wildman–Crippen LogP) is 7.97. The van der Waals surface area contributed by atoms with Crippen LogP contribution in [0.1, 0.15) is 36.5 Å². The zero-order valence-corrected chi connectivity index (χ0v) is 20.8. The average molecular weight is 474 g/mol. The molecule has 0 fully saturated rings. The first-order valence-electron chi connectivity index (χ1n) is 12.2. The molecule has 0 aliphatic rings. The van der Waals surface area contributed by atoms with Crippen molar-refractivity contribution in [1.82, 2.24) is 14.5 Å². The lowest BCUT2D eigenvalue weighted by molar-refractivity contribution is 0.460. The fourth-order valence-corrected chi connectivity index (χ4v) is 5.04. The maximum Gasteiger partial charge on any atom is 0.220 e. The number of phenols is 1. The number of aromatic hydroxyl groups is 1. The van der Waals surface area contributed by atoms with E-state index in [9.17, 15) is 5.11 Å². The maximum absolute atomic E-state index is 10.4. The molecule has 36 heavy (non-hydrogen) atoms. The number of phenolic OH excluding ortho intramolecular Hbond substituents is 1. The second kappa shape index (κ2) is 8.38. The third kappa shape index (κ3) is 3.55. The van der Waals surface area contributed by atoms with Gasteiger partial charge in [-0.3, -0.25) is 4.57 Å². The topological polar surface area (TPSA) is 60.2 Å². The Morgan fingerprint density at radius 1 is 0.833 bits per heavy atom. The highest BCUT2D eigenvalue weighted by atomic mass is 16.5. The minimum absolute atomic E-state index is 0.149. The minimum Gasteiger partial charge on any atom is -0.506 e. The van der Waals surface area contributed by atoms with E-state index in [2.05, 4.69) is 65.9 Å². The van der Waals surface area contributed by atoms with Crippen LogP contribution in [0.3, 0.4) is 0 Å². The molecule has 6 aromatic rings. The molecule has 3 heterocycles. The van der Waals surface area contributed by atoms with Crippen molar-refractivity contribution in [1.29, 1.82) is 0 Å². The van der Waals surface area contributed by atoms with Gasteiger partial charge in [-0.15, -0.1) is 0 Å². The first-order chi connectivity index (χ1) is 17.4. The Balaban J connectivity index is 1.52. The van der Waals surface area contributed by atoms with Crippen LogP contribution in [0, 0.1) is 13.8 Å². The Hall–Kier alpha value is -4.38. The maximum atomic E-state index is 10.4. The molecule has 0 aliphatic heterocycles. The molecule has 0 atom stereocenters. The summed E-state index contributed by atoms with van der Waals surface area (Å²) in [6.07, 6.45) is 1.88. The van der Waals surface area contributed by atoms with Gasteiger partial charge >= 0.3 is 0 Å². The van der Waals surface area contributed by atoms with Crippen LogP contribution in [-0.4, -0.2) is 19.6 Å². The van der Waals surface area contributed by atoms with Gasteiger partial charge in [0.05, 0.1) is 11.0 Å². The van der Waals surface area contributed by atoms with E-state index in [4.69, 9.17) is 9.72 Å². The lowest BCUT2D eigenvalue weighted by atomic mass is 10.0. The van der Waals surface area contributed by atoms with E-state index < -0.39 is 0 Å². The Kier molecular flexibility index (Phi) is 5.15. The van der Waals surface area contributed by atoms with Gasteiger partial charge < -0.3 is 9.84 Å². The molecule has 5 nitrogen and oxygen atoms in total. The van der Waals surface area contributed by atoms with Crippen LogP contribution < -0.4 is 4.74 Å². The molecule has 3 aromatic carbocycles. The number of ether oxygens (including phenoxy) is 1. The molecule has 0 radical (unpaired) electrons. The van der Waals surface area contributed by atoms with Crippen LogP contribution in [0.25, 0.3) is 38.5 Å². The van der Waals surface area contributed by atoms with Crippen LogP contribution in [0.2, 0.25) is 0 Å². The number of para-hydroxylation sites is 1. The summed E-state index contributed by atoms with van der Waals surface area (Å²) in [4.78, 5) is 9.36. The van der Waals surface area contributed by atoms with Crippen LogP contribution in [0.5, 0.6) is 17.4 Å². The zero-order chi connectivity index (χ0) is 25.0. The molecule has 3 aromatic heterocycles. The van der Waals surface area contributed by atoms with Crippen molar-refractivity contribution in [3.8, 4) is 23.2 Å². The van der Waals surface area contributed by atoms with Crippen molar-refractivity contribution in [2.75, 3.05) is 0 Å². The fraction of sp³-hybridized carbons (Fsp3) is 0.161. The fourth-order valence-electron chi connectivity index (χ4n) is 5.04. The molecule has 1 N–H and O–H groups in total. The molecule has 0 bridgehead atoms. The van der Waals surface area contributed by atoms with Crippen LogP contribution in [-0.2, 0) is 0 Å². The van der Waals surface area contributed by atoms with Crippen molar-refractivity contribution >= 4 is 32.7 Å². The summed E-state index contributed by atoms with van der Waals surface area (Å²) in [5, 5.41) is 13.7. The van der Waals surface area contributed by atoms with Gasteiger partial charge in [0, 0.05) is 34.5 Å². The van der Waals surface area contributed by atoms with Crippen LogP contribution in [0.15, 0.2) is 79.0 Å². The lowest BCUT2D eigenvalue weighted by Crippen LogP contribution is -1.99. The number of benzene rings is 3. The van der Waals surface area contributed by atoms with Gasteiger partial charge in [-0.1, -0.05) is 38.1 Å². The Bertz CT molecular complexity index is 1780. The average Bonchev–Trinajstić information content (AvgIpc) is 3.20. The van der Waals surface area contributed by atoms with Gasteiger partial charge in [0.1, 0.15) is 22.8 Å². The highest BCUT2D eigenvalue weighted by Gasteiger charge is 2.16. The molecule has 0 aliphatic carbocycles. The standard InChI is InChI=1S/C31H27N3O2/c1-18(2)21-13-14-32-28(16-21)34-25-8-6-5-7-23(25)24-11-10-22(17-26(24)34)36-29-15-20(4)30-19(3)9-12-27(35)31(30)33-29/h5-18,35H,1-4H3. The first-order valence-corrected chi connectivity index (χ1v) is 12.2. The van der Waals surface area contributed by atoms with Crippen molar-refractivity contribution < 1.29 is 9.84 Å². The molecule has 0 amide bonds. The molecule has 0 spiro atoms. The van der Waals surface area contributed by atoms with Crippen molar-refractivity contribution in [2.45, 2.75) is 33.6 Å². The number of nitrogens with zero attached hydrogens (tertiary/aromatic N) is 3. The van der Waals surface area contributed by atoms with Gasteiger partial charge in [-0.05, 0) is 72.9 Å². The van der Waals surface area contributed by atoms with Crippen molar-refractivity contribution in [3.63, 3.8) is 0 Å². The first kappa shape index (κ1) is 22.1. The summed E-state index contributed by atoms with van der Waals surface area (Å²) in [5.74, 6) is 2.55. The van der Waals surface area contributed by atoms with Gasteiger partial charge in [0.15, 0.2) is 0 Å². The number of aryl methyl sites for hydroxylation is 2. The summed E-state index contributed by atoms with van der Waals surface area (Å²) in [5.41, 5.74) is 5.98. The minimum atomic E-state index is 0.149. The lowest BCUT2D eigenvalue weighted by Gasteiger charge is -2.12. The SMILES string of the molecule is Cc1ccc(O)c2nc(Oc3ccc4c5ccccc5n(-c5cc(C(C)C)ccn5)c4c3)cc(C)c12.